The summed E-state index contributed by atoms with van der Waals surface area (Å²) >= 11 is 5.74. The Kier molecular flexibility index (Phi) is 5.63. The van der Waals surface area contributed by atoms with Crippen molar-refractivity contribution in [3.63, 3.8) is 0 Å². The van der Waals surface area contributed by atoms with E-state index in [1.807, 2.05) is 36.9 Å². The van der Waals surface area contributed by atoms with Crippen LogP contribution in [0.25, 0.3) is 10.8 Å². The molecule has 2 nitrogen and oxygen atoms in total. The van der Waals surface area contributed by atoms with Crippen LogP contribution in [0.4, 0.5) is 0 Å². The highest BCUT2D eigenvalue weighted by molar-refractivity contribution is 6.17. The van der Waals surface area contributed by atoms with Gasteiger partial charge in [0, 0.05) is 18.5 Å². The van der Waals surface area contributed by atoms with Crippen molar-refractivity contribution in [2.45, 2.75) is 32.7 Å². The van der Waals surface area contributed by atoms with E-state index in [2.05, 4.69) is 24.3 Å². The summed E-state index contributed by atoms with van der Waals surface area (Å²) in [6.45, 7) is 4.83. The maximum absolute atomic E-state index is 12.5. The zero-order chi connectivity index (χ0) is 15.2. The van der Waals surface area contributed by atoms with Crippen LogP contribution in [0.2, 0.25) is 0 Å². The van der Waals surface area contributed by atoms with Gasteiger partial charge in [0.2, 0.25) is 5.91 Å². The number of carbonyl (C=O) groups is 1. The van der Waals surface area contributed by atoms with E-state index < -0.39 is 0 Å². The number of halogens is 1. The van der Waals surface area contributed by atoms with Gasteiger partial charge in [0.15, 0.2) is 0 Å². The van der Waals surface area contributed by atoms with Crippen LogP contribution in [0.3, 0.4) is 0 Å². The molecule has 0 N–H and O–H groups in total. The molecule has 1 amide bonds. The van der Waals surface area contributed by atoms with E-state index in [1.165, 1.54) is 10.8 Å². The van der Waals surface area contributed by atoms with E-state index in [1.54, 1.807) is 0 Å². The Morgan fingerprint density at radius 2 is 1.86 bits per heavy atom. The van der Waals surface area contributed by atoms with Crippen molar-refractivity contribution in [3.05, 3.63) is 48.0 Å². The molecule has 0 fully saturated rings. The number of alkyl halides is 1. The number of hydrogen-bond acceptors (Lipinski definition) is 1. The molecule has 2 aromatic rings. The number of benzene rings is 2. The molecule has 0 atom stereocenters. The van der Waals surface area contributed by atoms with Crippen LogP contribution in [-0.2, 0) is 11.2 Å². The molecule has 0 heterocycles. The molecule has 0 unspecified atom stereocenters. The highest BCUT2D eigenvalue weighted by Crippen LogP contribution is 2.17. The molecule has 0 aliphatic heterocycles. The van der Waals surface area contributed by atoms with Crippen LogP contribution in [0.15, 0.2) is 42.5 Å². The summed E-state index contributed by atoms with van der Waals surface area (Å²) in [4.78, 5) is 14.4. The Hall–Kier alpha value is -1.54. The second kappa shape index (κ2) is 7.46. The lowest BCUT2D eigenvalue weighted by Crippen LogP contribution is -2.38. The van der Waals surface area contributed by atoms with Crippen LogP contribution >= 0.6 is 11.6 Å². The zero-order valence-electron chi connectivity index (χ0n) is 12.7. The monoisotopic (exact) mass is 303 g/mol. The summed E-state index contributed by atoms with van der Waals surface area (Å²) < 4.78 is 0. The number of carbonyl (C=O) groups excluding carboxylic acids is 1. The number of fused-ring (bicyclic) bond motifs is 1. The van der Waals surface area contributed by atoms with Crippen molar-refractivity contribution >= 4 is 28.3 Å². The van der Waals surface area contributed by atoms with Gasteiger partial charge in [-0.1, -0.05) is 42.5 Å². The lowest BCUT2D eigenvalue weighted by atomic mass is 10.0. The van der Waals surface area contributed by atoms with E-state index in [0.717, 1.165) is 18.5 Å². The van der Waals surface area contributed by atoms with E-state index in [9.17, 15) is 4.79 Å². The summed E-state index contributed by atoms with van der Waals surface area (Å²) in [7, 11) is 0. The Morgan fingerprint density at radius 3 is 2.52 bits per heavy atom. The van der Waals surface area contributed by atoms with Crippen molar-refractivity contribution in [1.82, 2.24) is 4.90 Å². The average molecular weight is 304 g/mol. The van der Waals surface area contributed by atoms with E-state index in [-0.39, 0.29) is 11.9 Å². The van der Waals surface area contributed by atoms with Crippen LogP contribution in [-0.4, -0.2) is 29.3 Å². The lowest BCUT2D eigenvalue weighted by Gasteiger charge is -2.26. The first-order valence-corrected chi connectivity index (χ1v) is 7.98. The number of rotatable bonds is 6. The van der Waals surface area contributed by atoms with Crippen LogP contribution < -0.4 is 0 Å². The van der Waals surface area contributed by atoms with Crippen molar-refractivity contribution < 1.29 is 4.79 Å². The smallest absolute Gasteiger partial charge is 0.227 e. The first kappa shape index (κ1) is 15.8. The molecule has 2 aromatic carbocycles. The zero-order valence-corrected chi connectivity index (χ0v) is 13.4. The Balaban J connectivity index is 2.12. The minimum Gasteiger partial charge on any atom is -0.340 e. The van der Waals surface area contributed by atoms with Gasteiger partial charge in [-0.2, -0.15) is 0 Å². The standard InChI is InChI=1S/C18H22ClNO/c1-14(2)20(11-5-10-19)18(21)13-15-8-9-16-6-3-4-7-17(16)12-15/h3-4,6-9,12,14H,5,10-11,13H2,1-2H3. The minimum atomic E-state index is 0.172. The highest BCUT2D eigenvalue weighted by Gasteiger charge is 2.16. The Labute approximate surface area is 131 Å². The largest absolute Gasteiger partial charge is 0.340 e. The number of amides is 1. The fourth-order valence-corrected chi connectivity index (χ4v) is 2.65. The maximum atomic E-state index is 12.5. The molecule has 112 valence electrons. The molecular weight excluding hydrogens is 282 g/mol. The third-order valence-corrected chi connectivity index (χ3v) is 3.91. The fourth-order valence-electron chi connectivity index (χ4n) is 2.53. The molecule has 0 saturated heterocycles. The molecule has 0 aliphatic carbocycles. The second-order valence-corrected chi connectivity index (χ2v) is 5.96. The molecular formula is C18H22ClNO. The molecule has 2 rings (SSSR count). The van der Waals surface area contributed by atoms with Gasteiger partial charge in [0.25, 0.3) is 0 Å². The number of nitrogens with zero attached hydrogens (tertiary/aromatic N) is 1. The van der Waals surface area contributed by atoms with Gasteiger partial charge in [-0.25, -0.2) is 0 Å². The number of hydrogen-bond donors (Lipinski definition) is 0. The van der Waals surface area contributed by atoms with Gasteiger partial charge in [0.1, 0.15) is 0 Å². The Bertz CT molecular complexity index is 609. The summed E-state index contributed by atoms with van der Waals surface area (Å²) in [6.07, 6.45) is 1.29. The lowest BCUT2D eigenvalue weighted by molar-refractivity contribution is -0.132. The molecule has 3 heteroatoms. The van der Waals surface area contributed by atoms with Crippen molar-refractivity contribution in [1.29, 1.82) is 0 Å². The van der Waals surface area contributed by atoms with Crippen molar-refractivity contribution in [3.8, 4) is 0 Å². The molecule has 0 aliphatic rings. The first-order valence-electron chi connectivity index (χ1n) is 7.45. The molecule has 0 bridgehead atoms. The molecule has 0 spiro atoms. The van der Waals surface area contributed by atoms with Crippen molar-refractivity contribution in [2.75, 3.05) is 12.4 Å². The summed E-state index contributed by atoms with van der Waals surface area (Å²) in [5.41, 5.74) is 1.07. The maximum Gasteiger partial charge on any atom is 0.227 e. The third kappa shape index (κ3) is 4.21. The molecule has 21 heavy (non-hydrogen) atoms. The fraction of sp³-hybridized carbons (Fsp3) is 0.389. The van der Waals surface area contributed by atoms with Gasteiger partial charge >= 0.3 is 0 Å². The van der Waals surface area contributed by atoms with Crippen LogP contribution in [0, 0.1) is 0 Å². The topological polar surface area (TPSA) is 20.3 Å². The molecule has 0 aromatic heterocycles. The minimum absolute atomic E-state index is 0.172. The predicted molar refractivity (Wildman–Crippen MR) is 89.8 cm³/mol. The van der Waals surface area contributed by atoms with Gasteiger partial charge < -0.3 is 4.90 Å². The summed E-state index contributed by atoms with van der Waals surface area (Å²) in [5, 5.41) is 2.39. The van der Waals surface area contributed by atoms with E-state index in [4.69, 9.17) is 11.6 Å². The third-order valence-electron chi connectivity index (χ3n) is 3.65. The average Bonchev–Trinajstić information content (AvgIpc) is 2.47. The van der Waals surface area contributed by atoms with Gasteiger partial charge in [-0.05, 0) is 36.6 Å². The molecule has 0 saturated carbocycles. The van der Waals surface area contributed by atoms with Crippen LogP contribution in [0.1, 0.15) is 25.8 Å². The first-order chi connectivity index (χ1) is 10.1. The van der Waals surface area contributed by atoms with Crippen LogP contribution in [0.5, 0.6) is 0 Å². The predicted octanol–water partition coefficient (Wildman–Crippen LogP) is 4.25. The quantitative estimate of drug-likeness (QED) is 0.731. The normalized spacial score (nSPS) is 11.0. The van der Waals surface area contributed by atoms with Gasteiger partial charge in [-0.3, -0.25) is 4.79 Å². The Morgan fingerprint density at radius 1 is 1.14 bits per heavy atom. The van der Waals surface area contributed by atoms with Crippen molar-refractivity contribution in [2.24, 2.45) is 0 Å². The van der Waals surface area contributed by atoms with E-state index in [0.29, 0.717) is 12.3 Å². The van der Waals surface area contributed by atoms with E-state index >= 15 is 0 Å². The second-order valence-electron chi connectivity index (χ2n) is 5.58. The summed E-state index contributed by atoms with van der Waals surface area (Å²) in [6, 6.07) is 14.7. The highest BCUT2D eigenvalue weighted by atomic mass is 35.5. The van der Waals surface area contributed by atoms with Gasteiger partial charge in [0.05, 0.1) is 6.42 Å². The summed E-state index contributed by atoms with van der Waals surface area (Å²) in [5.74, 6) is 0.761. The van der Waals surface area contributed by atoms with Gasteiger partial charge in [-0.15, -0.1) is 11.6 Å². The molecule has 0 radical (unpaired) electrons. The SMILES string of the molecule is CC(C)N(CCCCl)C(=O)Cc1ccc2ccccc2c1.